The van der Waals surface area contributed by atoms with Gasteiger partial charge in [0.15, 0.2) is 0 Å². The molecule has 1 atom stereocenters. The molecule has 4 N–H and O–H groups in total. The Labute approximate surface area is 195 Å². The molecule has 3 rings (SSSR count). The van der Waals surface area contributed by atoms with Gasteiger partial charge in [-0.2, -0.15) is 15.0 Å². The van der Waals surface area contributed by atoms with Gasteiger partial charge in [0.25, 0.3) is 5.91 Å². The summed E-state index contributed by atoms with van der Waals surface area (Å²) < 4.78 is 0. The van der Waals surface area contributed by atoms with Crippen molar-refractivity contribution in [2.45, 2.75) is 47.1 Å². The summed E-state index contributed by atoms with van der Waals surface area (Å²) in [6, 6.07) is 5.67. The first-order valence-electron chi connectivity index (χ1n) is 11.4. The molecule has 0 saturated carbocycles. The fraction of sp³-hybridized carbons (Fsp3) is 0.565. The van der Waals surface area contributed by atoms with Crippen molar-refractivity contribution in [1.82, 2.24) is 25.7 Å². The van der Waals surface area contributed by atoms with Crippen molar-refractivity contribution in [3.05, 3.63) is 29.3 Å². The van der Waals surface area contributed by atoms with Gasteiger partial charge in [0, 0.05) is 37.4 Å². The standard InChI is InChI=1S/C23H36N8O2/c1-7-33-30-19(32)16-9-8-15(2)18(12-16)26-21-27-20(25-17-10-11-24-13-17)28-22(29-21)31(6)14-23(3,4)5/h8-9,12,17,24H,7,10-11,13-14H2,1-6H3,(H,30,32)(H2,25,26,27,28,29)/t17-/m0/s1. The molecule has 1 aliphatic rings. The number of hydrogen-bond donors (Lipinski definition) is 4. The van der Waals surface area contributed by atoms with E-state index in [1.807, 2.05) is 31.9 Å². The Morgan fingerprint density at radius 1 is 1.24 bits per heavy atom. The summed E-state index contributed by atoms with van der Waals surface area (Å²) in [5, 5.41) is 10.0. The highest BCUT2D eigenvalue weighted by molar-refractivity contribution is 5.94. The molecule has 10 heteroatoms. The molecule has 0 radical (unpaired) electrons. The van der Waals surface area contributed by atoms with E-state index in [-0.39, 0.29) is 17.4 Å². The minimum absolute atomic E-state index is 0.0801. The minimum atomic E-state index is -0.308. The van der Waals surface area contributed by atoms with Crippen LogP contribution in [0.4, 0.5) is 23.5 Å². The number of hydroxylamine groups is 1. The molecule has 2 aromatic rings. The van der Waals surface area contributed by atoms with Gasteiger partial charge < -0.3 is 20.9 Å². The Balaban J connectivity index is 1.89. The predicted octanol–water partition coefficient (Wildman–Crippen LogP) is 2.86. The number of hydrogen-bond acceptors (Lipinski definition) is 9. The van der Waals surface area contributed by atoms with Gasteiger partial charge in [-0.3, -0.25) is 9.63 Å². The van der Waals surface area contributed by atoms with Gasteiger partial charge in [-0.25, -0.2) is 5.48 Å². The number of aryl methyl sites for hydroxylation is 1. The van der Waals surface area contributed by atoms with Crippen molar-refractivity contribution in [3.8, 4) is 0 Å². The van der Waals surface area contributed by atoms with Crippen LogP contribution in [0.2, 0.25) is 0 Å². The van der Waals surface area contributed by atoms with E-state index in [2.05, 4.69) is 57.2 Å². The molecule has 180 valence electrons. The monoisotopic (exact) mass is 456 g/mol. The van der Waals surface area contributed by atoms with Crippen molar-refractivity contribution in [3.63, 3.8) is 0 Å². The molecule has 2 heterocycles. The molecule has 1 amide bonds. The predicted molar refractivity (Wildman–Crippen MR) is 131 cm³/mol. The van der Waals surface area contributed by atoms with Crippen LogP contribution >= 0.6 is 0 Å². The number of carbonyl (C=O) groups excluding carboxylic acids is 1. The zero-order chi connectivity index (χ0) is 24.0. The number of carbonyl (C=O) groups is 1. The molecule has 1 fully saturated rings. The average Bonchev–Trinajstić information content (AvgIpc) is 3.25. The normalized spacial score (nSPS) is 15.9. The van der Waals surface area contributed by atoms with Crippen LogP contribution in [0.5, 0.6) is 0 Å². The summed E-state index contributed by atoms with van der Waals surface area (Å²) in [4.78, 5) is 33.3. The lowest BCUT2D eigenvalue weighted by molar-refractivity contribution is 0.0364. The lowest BCUT2D eigenvalue weighted by Crippen LogP contribution is -2.31. The maximum Gasteiger partial charge on any atom is 0.274 e. The molecule has 0 aliphatic carbocycles. The van der Waals surface area contributed by atoms with Gasteiger partial charge in [0.2, 0.25) is 17.8 Å². The van der Waals surface area contributed by atoms with Crippen LogP contribution in [0.3, 0.4) is 0 Å². The van der Waals surface area contributed by atoms with E-state index < -0.39 is 0 Å². The maximum atomic E-state index is 12.3. The van der Waals surface area contributed by atoms with Crippen LogP contribution in [0.1, 0.15) is 50.0 Å². The molecule has 0 spiro atoms. The number of rotatable bonds is 9. The molecule has 0 bridgehead atoms. The molecule has 1 saturated heterocycles. The fourth-order valence-electron chi connectivity index (χ4n) is 3.61. The van der Waals surface area contributed by atoms with E-state index in [0.29, 0.717) is 30.0 Å². The minimum Gasteiger partial charge on any atom is -0.350 e. The molecule has 10 nitrogen and oxygen atoms in total. The second kappa shape index (κ2) is 10.8. The van der Waals surface area contributed by atoms with E-state index >= 15 is 0 Å². The number of nitrogens with zero attached hydrogens (tertiary/aromatic N) is 4. The van der Waals surface area contributed by atoms with Crippen molar-refractivity contribution in [1.29, 1.82) is 0 Å². The smallest absolute Gasteiger partial charge is 0.274 e. The quantitative estimate of drug-likeness (QED) is 0.423. The highest BCUT2D eigenvalue weighted by Gasteiger charge is 2.20. The summed E-state index contributed by atoms with van der Waals surface area (Å²) in [6.45, 7) is 13.3. The zero-order valence-corrected chi connectivity index (χ0v) is 20.5. The zero-order valence-electron chi connectivity index (χ0n) is 20.5. The maximum absolute atomic E-state index is 12.3. The number of anilines is 4. The van der Waals surface area contributed by atoms with Gasteiger partial charge >= 0.3 is 0 Å². The van der Waals surface area contributed by atoms with Crippen molar-refractivity contribution in [2.24, 2.45) is 5.41 Å². The highest BCUT2D eigenvalue weighted by atomic mass is 16.6. The largest absolute Gasteiger partial charge is 0.350 e. The van der Waals surface area contributed by atoms with Crippen molar-refractivity contribution >= 4 is 29.4 Å². The number of amides is 1. The SMILES string of the molecule is CCONC(=O)c1ccc(C)c(Nc2nc(N[C@H]3CCNC3)nc(N(C)CC(C)(C)C)n2)c1. The highest BCUT2D eigenvalue weighted by Crippen LogP contribution is 2.24. The molecule has 33 heavy (non-hydrogen) atoms. The van der Waals surface area contributed by atoms with E-state index in [0.717, 1.165) is 37.3 Å². The number of benzene rings is 1. The molecular weight excluding hydrogens is 420 g/mol. The van der Waals surface area contributed by atoms with Gasteiger partial charge in [-0.15, -0.1) is 0 Å². The Morgan fingerprint density at radius 2 is 2.00 bits per heavy atom. The van der Waals surface area contributed by atoms with Crippen LogP contribution in [0.15, 0.2) is 18.2 Å². The summed E-state index contributed by atoms with van der Waals surface area (Å²) in [5.74, 6) is 1.22. The van der Waals surface area contributed by atoms with Crippen LogP contribution in [-0.4, -0.2) is 60.2 Å². The van der Waals surface area contributed by atoms with E-state index in [1.54, 1.807) is 12.1 Å². The van der Waals surface area contributed by atoms with Gasteiger partial charge in [0.1, 0.15) is 0 Å². The first-order chi connectivity index (χ1) is 15.6. The van der Waals surface area contributed by atoms with Crippen LogP contribution < -0.4 is 26.3 Å². The molecule has 1 aromatic carbocycles. The number of aromatic nitrogens is 3. The summed E-state index contributed by atoms with van der Waals surface area (Å²) >= 11 is 0. The van der Waals surface area contributed by atoms with Crippen LogP contribution in [0.25, 0.3) is 0 Å². The third-order valence-electron chi connectivity index (χ3n) is 5.13. The fourth-order valence-corrected chi connectivity index (χ4v) is 3.61. The van der Waals surface area contributed by atoms with Crippen molar-refractivity contribution < 1.29 is 9.63 Å². The summed E-state index contributed by atoms with van der Waals surface area (Å²) in [7, 11) is 1.98. The molecule has 0 unspecified atom stereocenters. The number of nitrogens with one attached hydrogen (secondary N) is 4. The second-order valence-electron chi connectivity index (χ2n) is 9.55. The van der Waals surface area contributed by atoms with E-state index in [4.69, 9.17) is 4.84 Å². The van der Waals surface area contributed by atoms with Crippen molar-refractivity contribution in [2.75, 3.05) is 48.8 Å². The third kappa shape index (κ3) is 7.26. The molecule has 1 aliphatic heterocycles. The van der Waals surface area contributed by atoms with Crippen LogP contribution in [-0.2, 0) is 4.84 Å². The van der Waals surface area contributed by atoms with Gasteiger partial charge in [0.05, 0.1) is 6.61 Å². The Hall–Kier alpha value is -2.98. The lowest BCUT2D eigenvalue weighted by Gasteiger charge is -2.27. The first kappa shape index (κ1) is 24.7. The third-order valence-corrected chi connectivity index (χ3v) is 5.13. The average molecular weight is 457 g/mol. The van der Waals surface area contributed by atoms with Gasteiger partial charge in [-0.1, -0.05) is 26.8 Å². The topological polar surface area (TPSA) is 116 Å². The van der Waals surface area contributed by atoms with Gasteiger partial charge in [-0.05, 0) is 49.9 Å². The van der Waals surface area contributed by atoms with E-state index in [9.17, 15) is 4.79 Å². The molecule has 1 aromatic heterocycles. The Morgan fingerprint density at radius 3 is 2.67 bits per heavy atom. The molecular formula is C23H36N8O2. The van der Waals surface area contributed by atoms with Crippen LogP contribution in [0, 0.1) is 12.3 Å². The summed E-state index contributed by atoms with van der Waals surface area (Å²) in [6.07, 6.45) is 1.01. The summed E-state index contributed by atoms with van der Waals surface area (Å²) in [5.41, 5.74) is 4.68. The lowest BCUT2D eigenvalue weighted by atomic mass is 9.96. The first-order valence-corrected chi connectivity index (χ1v) is 11.4. The second-order valence-corrected chi connectivity index (χ2v) is 9.55. The van der Waals surface area contributed by atoms with E-state index in [1.165, 1.54) is 0 Å². The Bertz CT molecular complexity index is 954. The Kier molecular flexibility index (Phi) is 8.04.